The molecule has 0 aromatic heterocycles. The Morgan fingerprint density at radius 3 is 2.44 bits per heavy atom. The number of nitrogens with one attached hydrogen (secondary N) is 1. The van der Waals surface area contributed by atoms with Gasteiger partial charge >= 0.3 is 0 Å². The van der Waals surface area contributed by atoms with E-state index in [4.69, 9.17) is 27.9 Å². The molecule has 2 nitrogen and oxygen atoms in total. The van der Waals surface area contributed by atoms with E-state index >= 15 is 0 Å². The monoisotopic (exact) mass is 325 g/mol. The van der Waals surface area contributed by atoms with Gasteiger partial charge in [0.1, 0.15) is 0 Å². The Bertz CT molecular complexity index is 373. The minimum absolute atomic E-state index is 0.0958. The van der Waals surface area contributed by atoms with E-state index < -0.39 is 0 Å². The van der Waals surface area contributed by atoms with Gasteiger partial charge in [0.25, 0.3) is 0 Å². The molecular weight excluding hydrogens is 313 g/mol. The maximum absolute atomic E-state index is 6.13. The van der Waals surface area contributed by atoms with Gasteiger partial charge in [-0.3, -0.25) is 0 Å². The highest BCUT2D eigenvalue weighted by Gasteiger charge is 2.14. The molecule has 0 aliphatic rings. The van der Waals surface area contributed by atoms with Crippen molar-refractivity contribution in [1.29, 1.82) is 0 Å². The summed E-state index contributed by atoms with van der Waals surface area (Å²) in [6, 6.07) is 3.90. The lowest BCUT2D eigenvalue weighted by atomic mass is 10.2. The lowest BCUT2D eigenvalue weighted by Crippen LogP contribution is -2.29. The number of ether oxygens (including phenoxy) is 1. The van der Waals surface area contributed by atoms with Crippen molar-refractivity contribution in [2.45, 2.75) is 26.0 Å². The molecule has 2 atom stereocenters. The van der Waals surface area contributed by atoms with Crippen LogP contribution in [0.5, 0.6) is 0 Å². The van der Waals surface area contributed by atoms with E-state index in [9.17, 15) is 0 Å². The van der Waals surface area contributed by atoms with E-state index in [1.54, 1.807) is 7.11 Å². The Morgan fingerprint density at radius 1 is 1.25 bits per heavy atom. The van der Waals surface area contributed by atoms with Gasteiger partial charge in [-0.2, -0.15) is 0 Å². The first-order valence-electron chi connectivity index (χ1n) is 4.90. The van der Waals surface area contributed by atoms with Crippen LogP contribution in [0.4, 0.5) is 5.69 Å². The highest BCUT2D eigenvalue weighted by Crippen LogP contribution is 2.36. The third kappa shape index (κ3) is 3.27. The zero-order valence-electron chi connectivity index (χ0n) is 9.35. The van der Waals surface area contributed by atoms with E-state index in [1.165, 1.54) is 0 Å². The first-order chi connectivity index (χ1) is 7.47. The highest BCUT2D eigenvalue weighted by atomic mass is 79.9. The molecule has 0 radical (unpaired) electrons. The van der Waals surface area contributed by atoms with Crippen LogP contribution in [0.1, 0.15) is 13.8 Å². The topological polar surface area (TPSA) is 21.3 Å². The third-order valence-corrected chi connectivity index (χ3v) is 4.27. The molecule has 0 bridgehead atoms. The molecule has 1 aromatic carbocycles. The Labute approximate surface area is 114 Å². The van der Waals surface area contributed by atoms with Crippen LogP contribution in [-0.2, 0) is 4.74 Å². The van der Waals surface area contributed by atoms with Crippen LogP contribution in [0.3, 0.4) is 0 Å². The number of rotatable bonds is 4. The van der Waals surface area contributed by atoms with Crippen molar-refractivity contribution >= 4 is 44.8 Å². The van der Waals surface area contributed by atoms with Gasteiger partial charge in [0.2, 0.25) is 0 Å². The molecule has 0 fully saturated rings. The van der Waals surface area contributed by atoms with E-state index in [-0.39, 0.29) is 12.1 Å². The number of hydrogen-bond acceptors (Lipinski definition) is 2. The molecule has 0 amide bonds. The summed E-state index contributed by atoms with van der Waals surface area (Å²) in [6.45, 7) is 4.02. The van der Waals surface area contributed by atoms with Gasteiger partial charge in [-0.05, 0) is 41.9 Å². The maximum Gasteiger partial charge on any atom is 0.0835 e. The van der Waals surface area contributed by atoms with Gasteiger partial charge in [0.05, 0.1) is 21.8 Å². The molecule has 0 saturated heterocycles. The summed E-state index contributed by atoms with van der Waals surface area (Å²) >= 11 is 15.5. The van der Waals surface area contributed by atoms with Crippen molar-refractivity contribution < 1.29 is 4.74 Å². The summed E-state index contributed by atoms with van der Waals surface area (Å²) < 4.78 is 6.02. The fraction of sp³-hybridized carbons (Fsp3) is 0.455. The maximum atomic E-state index is 6.13. The molecule has 16 heavy (non-hydrogen) atoms. The molecule has 5 heteroatoms. The lowest BCUT2D eigenvalue weighted by molar-refractivity contribution is 0.106. The molecule has 1 aromatic rings. The standard InChI is InChI=1S/C11H14BrCl2NO/c1-6(7(2)16-3)15-9-5-4-8(12)10(13)11(9)14/h4-7,15H,1-3H3. The third-order valence-electron chi connectivity index (χ3n) is 2.49. The smallest absolute Gasteiger partial charge is 0.0835 e. The predicted octanol–water partition coefficient (Wildman–Crippen LogP) is 4.59. The molecule has 1 N–H and O–H groups in total. The molecule has 0 aliphatic carbocycles. The Kier molecular flexibility index (Phi) is 5.38. The van der Waals surface area contributed by atoms with Crippen LogP contribution in [-0.4, -0.2) is 19.3 Å². The van der Waals surface area contributed by atoms with E-state index in [1.807, 2.05) is 26.0 Å². The number of hydrogen-bond donors (Lipinski definition) is 1. The quantitative estimate of drug-likeness (QED) is 0.817. The van der Waals surface area contributed by atoms with Crippen molar-refractivity contribution in [3.05, 3.63) is 26.7 Å². The van der Waals surface area contributed by atoms with Gasteiger partial charge in [-0.15, -0.1) is 0 Å². The van der Waals surface area contributed by atoms with E-state index in [0.29, 0.717) is 10.0 Å². The van der Waals surface area contributed by atoms with Gasteiger partial charge in [-0.1, -0.05) is 23.2 Å². The molecule has 2 unspecified atom stereocenters. The highest BCUT2D eigenvalue weighted by molar-refractivity contribution is 9.10. The van der Waals surface area contributed by atoms with Crippen LogP contribution in [0.15, 0.2) is 16.6 Å². The zero-order valence-corrected chi connectivity index (χ0v) is 12.4. The normalized spacial score (nSPS) is 14.6. The lowest BCUT2D eigenvalue weighted by Gasteiger charge is -2.22. The van der Waals surface area contributed by atoms with Crippen LogP contribution in [0.25, 0.3) is 0 Å². The van der Waals surface area contributed by atoms with Crippen molar-refractivity contribution in [1.82, 2.24) is 0 Å². The van der Waals surface area contributed by atoms with Gasteiger partial charge in [-0.25, -0.2) is 0 Å². The second-order valence-electron chi connectivity index (χ2n) is 3.60. The zero-order chi connectivity index (χ0) is 12.3. The molecule has 0 spiro atoms. The molecule has 90 valence electrons. The SMILES string of the molecule is COC(C)C(C)Nc1ccc(Br)c(Cl)c1Cl. The van der Waals surface area contributed by atoms with Gasteiger partial charge in [0, 0.05) is 17.6 Å². The Hall–Kier alpha value is 0.0400. The summed E-state index contributed by atoms with van der Waals surface area (Å²) in [5.74, 6) is 0. The second-order valence-corrected chi connectivity index (χ2v) is 5.21. The average molecular weight is 327 g/mol. The Morgan fingerprint density at radius 2 is 1.88 bits per heavy atom. The van der Waals surface area contributed by atoms with Gasteiger partial charge in [0.15, 0.2) is 0 Å². The Balaban J connectivity index is 2.86. The fourth-order valence-electron chi connectivity index (χ4n) is 1.20. The van der Waals surface area contributed by atoms with Crippen molar-refractivity contribution in [3.63, 3.8) is 0 Å². The van der Waals surface area contributed by atoms with Crippen LogP contribution < -0.4 is 5.32 Å². The van der Waals surface area contributed by atoms with E-state index in [0.717, 1.165) is 10.2 Å². The summed E-state index contributed by atoms with van der Waals surface area (Å²) in [5.41, 5.74) is 0.811. The molecule has 0 heterocycles. The summed E-state index contributed by atoms with van der Waals surface area (Å²) in [4.78, 5) is 0. The predicted molar refractivity (Wildman–Crippen MR) is 73.7 cm³/mol. The first-order valence-corrected chi connectivity index (χ1v) is 6.45. The average Bonchev–Trinajstić information content (AvgIpc) is 2.28. The minimum atomic E-state index is 0.0958. The summed E-state index contributed by atoms with van der Waals surface area (Å²) in [6.07, 6.45) is 0.0958. The number of halogens is 3. The van der Waals surface area contributed by atoms with Gasteiger partial charge < -0.3 is 10.1 Å². The number of benzene rings is 1. The minimum Gasteiger partial charge on any atom is -0.380 e. The summed E-state index contributed by atoms with van der Waals surface area (Å²) in [7, 11) is 1.68. The number of methoxy groups -OCH3 is 1. The van der Waals surface area contributed by atoms with Crippen molar-refractivity contribution in [2.75, 3.05) is 12.4 Å². The largest absolute Gasteiger partial charge is 0.380 e. The van der Waals surface area contributed by atoms with Crippen LogP contribution in [0.2, 0.25) is 10.0 Å². The van der Waals surface area contributed by atoms with Crippen LogP contribution in [0, 0.1) is 0 Å². The van der Waals surface area contributed by atoms with Crippen molar-refractivity contribution in [3.8, 4) is 0 Å². The molecule has 1 rings (SSSR count). The molecule has 0 aliphatic heterocycles. The molecular formula is C11H14BrCl2NO. The van der Waals surface area contributed by atoms with E-state index in [2.05, 4.69) is 21.2 Å². The summed E-state index contributed by atoms with van der Waals surface area (Å²) in [5, 5.41) is 4.30. The fourth-order valence-corrected chi connectivity index (χ4v) is 2.03. The number of anilines is 1. The van der Waals surface area contributed by atoms with Crippen LogP contribution >= 0.6 is 39.1 Å². The first kappa shape index (κ1) is 14.1. The van der Waals surface area contributed by atoms with Crippen molar-refractivity contribution in [2.24, 2.45) is 0 Å². The second kappa shape index (κ2) is 6.10. The molecule has 0 saturated carbocycles.